The fourth-order valence-corrected chi connectivity index (χ4v) is 4.30. The molecular weight excluding hydrogens is 376 g/mol. The molecule has 25 heavy (non-hydrogen) atoms. The first-order chi connectivity index (χ1) is 12.2. The molecule has 3 nitrogen and oxygen atoms in total. The van der Waals surface area contributed by atoms with Crippen molar-refractivity contribution in [2.24, 2.45) is 0 Å². The van der Waals surface area contributed by atoms with Crippen molar-refractivity contribution in [3.8, 4) is 0 Å². The van der Waals surface area contributed by atoms with Crippen LogP contribution in [-0.4, -0.2) is 41.4 Å². The standard InChI is InChI=1S/C21H23BrN2O/c22-20-8-4-3-6-17(20)9-10-21(25)24-14-19(15-24)23-12-11-16-5-1-2-7-18(16)13-23/h1-8,19H,9-15H2. The molecule has 0 aromatic heterocycles. The van der Waals surface area contributed by atoms with Crippen LogP contribution >= 0.6 is 15.9 Å². The van der Waals surface area contributed by atoms with Crippen LogP contribution in [0, 0.1) is 0 Å². The van der Waals surface area contributed by atoms with E-state index in [4.69, 9.17) is 0 Å². The van der Waals surface area contributed by atoms with Gasteiger partial charge >= 0.3 is 0 Å². The third kappa shape index (κ3) is 3.65. The minimum atomic E-state index is 0.282. The Morgan fingerprint density at radius 1 is 1.04 bits per heavy atom. The predicted molar refractivity (Wildman–Crippen MR) is 103 cm³/mol. The Labute approximate surface area is 157 Å². The van der Waals surface area contributed by atoms with Crippen molar-refractivity contribution in [1.29, 1.82) is 0 Å². The SMILES string of the molecule is O=C(CCc1ccccc1Br)N1CC(N2CCc3ccccc3C2)C1. The molecule has 2 aliphatic rings. The molecule has 4 heteroatoms. The maximum Gasteiger partial charge on any atom is 0.223 e. The number of aryl methyl sites for hydroxylation is 1. The van der Waals surface area contributed by atoms with Crippen molar-refractivity contribution in [2.45, 2.75) is 31.8 Å². The number of rotatable bonds is 4. The van der Waals surface area contributed by atoms with Gasteiger partial charge in [-0.15, -0.1) is 0 Å². The van der Waals surface area contributed by atoms with E-state index in [1.165, 1.54) is 16.7 Å². The van der Waals surface area contributed by atoms with Crippen LogP contribution in [0.15, 0.2) is 53.0 Å². The summed E-state index contributed by atoms with van der Waals surface area (Å²) in [5.74, 6) is 0.282. The molecule has 0 atom stereocenters. The number of benzene rings is 2. The molecule has 2 aliphatic heterocycles. The van der Waals surface area contributed by atoms with Crippen molar-refractivity contribution in [1.82, 2.24) is 9.80 Å². The Balaban J connectivity index is 1.26. The molecule has 0 aliphatic carbocycles. The molecule has 0 spiro atoms. The number of hydrogen-bond acceptors (Lipinski definition) is 2. The number of halogens is 1. The van der Waals surface area contributed by atoms with Crippen molar-refractivity contribution in [3.63, 3.8) is 0 Å². The van der Waals surface area contributed by atoms with Crippen LogP contribution in [0.25, 0.3) is 0 Å². The number of amides is 1. The lowest BCUT2D eigenvalue weighted by Gasteiger charge is -2.47. The molecule has 0 radical (unpaired) electrons. The first-order valence-corrected chi connectivity index (χ1v) is 9.82. The summed E-state index contributed by atoms with van der Waals surface area (Å²) in [6, 6.07) is 17.4. The van der Waals surface area contributed by atoms with E-state index in [1.807, 2.05) is 23.1 Å². The van der Waals surface area contributed by atoms with Crippen LogP contribution in [0.5, 0.6) is 0 Å². The molecule has 130 valence electrons. The zero-order valence-corrected chi connectivity index (χ0v) is 15.9. The minimum absolute atomic E-state index is 0.282. The average molecular weight is 399 g/mol. The maximum atomic E-state index is 12.4. The van der Waals surface area contributed by atoms with E-state index in [0.29, 0.717) is 12.5 Å². The molecule has 2 aromatic carbocycles. The van der Waals surface area contributed by atoms with Crippen molar-refractivity contribution in [2.75, 3.05) is 19.6 Å². The van der Waals surface area contributed by atoms with Crippen molar-refractivity contribution < 1.29 is 4.79 Å². The Hall–Kier alpha value is -1.65. The number of hydrogen-bond donors (Lipinski definition) is 0. The van der Waals surface area contributed by atoms with E-state index in [1.54, 1.807) is 0 Å². The lowest BCUT2D eigenvalue weighted by molar-refractivity contribution is -0.138. The third-order valence-corrected chi connectivity index (χ3v) is 6.23. The van der Waals surface area contributed by atoms with E-state index >= 15 is 0 Å². The first-order valence-electron chi connectivity index (χ1n) is 9.03. The summed E-state index contributed by atoms with van der Waals surface area (Å²) in [6.07, 6.45) is 2.53. The van der Waals surface area contributed by atoms with Gasteiger partial charge in [0.15, 0.2) is 0 Å². The van der Waals surface area contributed by atoms with E-state index in [2.05, 4.69) is 51.2 Å². The van der Waals surface area contributed by atoms with Gasteiger partial charge in [-0.1, -0.05) is 58.4 Å². The highest BCUT2D eigenvalue weighted by Crippen LogP contribution is 2.25. The highest BCUT2D eigenvalue weighted by Gasteiger charge is 2.35. The Kier molecular flexibility index (Phi) is 4.91. The van der Waals surface area contributed by atoms with Gasteiger partial charge < -0.3 is 4.90 Å². The van der Waals surface area contributed by atoms with Crippen LogP contribution in [0.3, 0.4) is 0 Å². The highest BCUT2D eigenvalue weighted by atomic mass is 79.9. The van der Waals surface area contributed by atoms with Gasteiger partial charge in [-0.2, -0.15) is 0 Å². The van der Waals surface area contributed by atoms with Crippen LogP contribution < -0.4 is 0 Å². The van der Waals surface area contributed by atoms with Gasteiger partial charge in [-0.05, 0) is 35.6 Å². The van der Waals surface area contributed by atoms with Crippen LogP contribution in [-0.2, 0) is 24.2 Å². The summed E-state index contributed by atoms with van der Waals surface area (Å²) in [7, 11) is 0. The smallest absolute Gasteiger partial charge is 0.223 e. The van der Waals surface area contributed by atoms with Crippen LogP contribution in [0.4, 0.5) is 0 Å². The second-order valence-corrected chi connectivity index (χ2v) is 7.89. The Morgan fingerprint density at radius 2 is 1.76 bits per heavy atom. The normalized spacial score (nSPS) is 17.9. The fourth-order valence-electron chi connectivity index (χ4n) is 3.82. The highest BCUT2D eigenvalue weighted by molar-refractivity contribution is 9.10. The van der Waals surface area contributed by atoms with Gasteiger partial charge in [0.05, 0.1) is 0 Å². The summed E-state index contributed by atoms with van der Waals surface area (Å²) in [5.41, 5.74) is 4.15. The van der Waals surface area contributed by atoms with Crippen molar-refractivity contribution >= 4 is 21.8 Å². The first kappa shape index (κ1) is 16.8. The second kappa shape index (κ2) is 7.30. The van der Waals surface area contributed by atoms with Crippen LogP contribution in [0.1, 0.15) is 23.1 Å². The summed E-state index contributed by atoms with van der Waals surface area (Å²) in [5, 5.41) is 0. The molecule has 2 heterocycles. The number of likely N-dealkylation sites (tertiary alicyclic amines) is 1. The quantitative estimate of drug-likeness (QED) is 0.784. The molecule has 0 bridgehead atoms. The molecule has 2 aromatic rings. The van der Waals surface area contributed by atoms with Gasteiger partial charge in [0.25, 0.3) is 0 Å². The molecule has 0 N–H and O–H groups in total. The summed E-state index contributed by atoms with van der Waals surface area (Å²) in [6.45, 7) is 3.91. The lowest BCUT2D eigenvalue weighted by Crippen LogP contribution is -2.61. The second-order valence-electron chi connectivity index (χ2n) is 7.03. The molecule has 1 amide bonds. The van der Waals surface area contributed by atoms with Gasteiger partial charge in [0.2, 0.25) is 5.91 Å². The zero-order valence-electron chi connectivity index (χ0n) is 14.3. The molecule has 0 unspecified atom stereocenters. The zero-order chi connectivity index (χ0) is 17.2. The number of carbonyl (C=O) groups excluding carboxylic acids is 1. The summed E-state index contributed by atoms with van der Waals surface area (Å²) < 4.78 is 1.09. The topological polar surface area (TPSA) is 23.6 Å². The van der Waals surface area contributed by atoms with Gasteiger partial charge in [0, 0.05) is 43.1 Å². The number of carbonyl (C=O) groups is 1. The summed E-state index contributed by atoms with van der Waals surface area (Å²) >= 11 is 3.56. The third-order valence-electron chi connectivity index (χ3n) is 5.46. The van der Waals surface area contributed by atoms with Gasteiger partial charge in [0.1, 0.15) is 0 Å². The molecule has 1 fully saturated rings. The predicted octanol–water partition coefficient (Wildman–Crippen LogP) is 3.65. The molecular formula is C21H23BrN2O. The average Bonchev–Trinajstić information content (AvgIpc) is 2.60. The summed E-state index contributed by atoms with van der Waals surface area (Å²) in [4.78, 5) is 17.0. The van der Waals surface area contributed by atoms with Gasteiger partial charge in [-0.25, -0.2) is 0 Å². The van der Waals surface area contributed by atoms with E-state index < -0.39 is 0 Å². The minimum Gasteiger partial charge on any atom is -0.339 e. The van der Waals surface area contributed by atoms with E-state index in [9.17, 15) is 4.79 Å². The number of fused-ring (bicyclic) bond motifs is 1. The Bertz CT molecular complexity index is 770. The van der Waals surface area contributed by atoms with E-state index in [0.717, 1.165) is 43.5 Å². The fraction of sp³-hybridized carbons (Fsp3) is 0.381. The Morgan fingerprint density at radius 3 is 2.56 bits per heavy atom. The molecule has 0 saturated carbocycles. The lowest BCUT2D eigenvalue weighted by atomic mass is 9.96. The monoisotopic (exact) mass is 398 g/mol. The van der Waals surface area contributed by atoms with Crippen LogP contribution in [0.2, 0.25) is 0 Å². The molecule has 1 saturated heterocycles. The van der Waals surface area contributed by atoms with Gasteiger partial charge in [-0.3, -0.25) is 9.69 Å². The van der Waals surface area contributed by atoms with E-state index in [-0.39, 0.29) is 5.91 Å². The maximum absolute atomic E-state index is 12.4. The largest absolute Gasteiger partial charge is 0.339 e. The molecule has 4 rings (SSSR count). The number of nitrogens with zero attached hydrogens (tertiary/aromatic N) is 2. The van der Waals surface area contributed by atoms with Crippen molar-refractivity contribution in [3.05, 3.63) is 69.7 Å².